The zero-order valence-electron chi connectivity index (χ0n) is 14.6. The van der Waals surface area contributed by atoms with Gasteiger partial charge in [0.15, 0.2) is 0 Å². The first-order valence-corrected chi connectivity index (χ1v) is 9.22. The van der Waals surface area contributed by atoms with Gasteiger partial charge in [0.2, 0.25) is 11.8 Å². The molecular weight excluding hydrogens is 304 g/mol. The van der Waals surface area contributed by atoms with Crippen molar-refractivity contribution in [2.75, 3.05) is 19.6 Å². The molecule has 0 bridgehead atoms. The van der Waals surface area contributed by atoms with Crippen molar-refractivity contribution in [1.29, 1.82) is 0 Å². The molecule has 1 aromatic rings. The minimum absolute atomic E-state index is 0.144. The Morgan fingerprint density at radius 1 is 1.25 bits per heavy atom. The first-order chi connectivity index (χ1) is 11.6. The molecule has 2 heterocycles. The molecule has 0 spiro atoms. The molecule has 2 fully saturated rings. The maximum atomic E-state index is 12.6. The largest absolute Gasteiger partial charge is 0.467 e. The van der Waals surface area contributed by atoms with Crippen LogP contribution in [0.1, 0.15) is 51.2 Å². The number of piperidine rings is 1. The molecule has 0 aromatic carbocycles. The normalized spacial score (nSPS) is 19.1. The number of rotatable bonds is 6. The number of hydrogen-bond acceptors (Lipinski definition) is 3. The van der Waals surface area contributed by atoms with Gasteiger partial charge in [0.05, 0.1) is 12.8 Å². The summed E-state index contributed by atoms with van der Waals surface area (Å²) in [6, 6.07) is 3.72. The summed E-state index contributed by atoms with van der Waals surface area (Å²) in [6.45, 7) is 4.90. The van der Waals surface area contributed by atoms with Crippen LogP contribution in [0, 0.1) is 11.8 Å². The Balaban J connectivity index is 1.54. The predicted octanol–water partition coefficient (Wildman–Crippen LogP) is 3.06. The van der Waals surface area contributed by atoms with Crippen LogP contribution in [0.15, 0.2) is 22.8 Å². The van der Waals surface area contributed by atoms with Gasteiger partial charge in [0.1, 0.15) is 5.76 Å². The molecule has 1 aromatic heterocycles. The molecule has 1 aliphatic heterocycles. The molecular formula is C19H28N2O3. The fraction of sp³-hybridized carbons (Fsp3) is 0.684. The number of amides is 2. The minimum atomic E-state index is 0.144. The molecule has 1 saturated heterocycles. The Morgan fingerprint density at radius 3 is 2.58 bits per heavy atom. The van der Waals surface area contributed by atoms with Gasteiger partial charge in [-0.25, -0.2) is 0 Å². The minimum Gasteiger partial charge on any atom is -0.467 e. The van der Waals surface area contributed by atoms with Gasteiger partial charge in [-0.3, -0.25) is 9.59 Å². The smallest absolute Gasteiger partial charge is 0.226 e. The summed E-state index contributed by atoms with van der Waals surface area (Å²) < 4.78 is 5.39. The van der Waals surface area contributed by atoms with Gasteiger partial charge >= 0.3 is 0 Å². The van der Waals surface area contributed by atoms with E-state index in [9.17, 15) is 9.59 Å². The van der Waals surface area contributed by atoms with Crippen molar-refractivity contribution in [2.24, 2.45) is 11.8 Å². The predicted molar refractivity (Wildman–Crippen MR) is 91.1 cm³/mol. The van der Waals surface area contributed by atoms with Gasteiger partial charge < -0.3 is 14.2 Å². The fourth-order valence-electron chi connectivity index (χ4n) is 3.42. The van der Waals surface area contributed by atoms with Gasteiger partial charge in [-0.05, 0) is 43.7 Å². The molecule has 0 N–H and O–H groups in total. The Bertz CT molecular complexity index is 543. The summed E-state index contributed by atoms with van der Waals surface area (Å²) in [7, 11) is 0. The van der Waals surface area contributed by atoms with Gasteiger partial charge in [0.25, 0.3) is 0 Å². The van der Waals surface area contributed by atoms with E-state index >= 15 is 0 Å². The second kappa shape index (κ2) is 7.86. The van der Waals surface area contributed by atoms with E-state index in [2.05, 4.69) is 6.92 Å². The van der Waals surface area contributed by atoms with Crippen LogP contribution in [0.2, 0.25) is 0 Å². The van der Waals surface area contributed by atoms with Crippen LogP contribution in [0.4, 0.5) is 0 Å². The highest BCUT2D eigenvalue weighted by Gasteiger charge is 2.30. The molecule has 3 rings (SSSR count). The Labute approximate surface area is 144 Å². The van der Waals surface area contributed by atoms with Crippen LogP contribution in [0.25, 0.3) is 0 Å². The molecule has 0 unspecified atom stereocenters. The van der Waals surface area contributed by atoms with E-state index in [0.29, 0.717) is 25.4 Å². The van der Waals surface area contributed by atoms with Crippen LogP contribution in [0.3, 0.4) is 0 Å². The summed E-state index contributed by atoms with van der Waals surface area (Å²) >= 11 is 0. The topological polar surface area (TPSA) is 53.8 Å². The highest BCUT2D eigenvalue weighted by atomic mass is 16.3. The van der Waals surface area contributed by atoms with Crippen LogP contribution in [-0.2, 0) is 16.1 Å². The number of nitrogens with zero attached hydrogens (tertiary/aromatic N) is 2. The van der Waals surface area contributed by atoms with Crippen molar-refractivity contribution in [2.45, 2.75) is 52.0 Å². The molecule has 2 aliphatic rings. The van der Waals surface area contributed by atoms with Crippen molar-refractivity contribution in [1.82, 2.24) is 9.80 Å². The quantitative estimate of drug-likeness (QED) is 0.804. The van der Waals surface area contributed by atoms with Gasteiger partial charge in [-0.15, -0.1) is 0 Å². The standard InChI is InChI=1S/C19H28N2O3/c1-15-7-10-20(11-8-15)18(22)9-12-21(14-17-6-3-13-24-17)19(23)16-4-2-5-16/h3,6,13,15-16H,2,4-5,7-12,14H2,1H3. The van der Waals surface area contributed by atoms with E-state index < -0.39 is 0 Å². The van der Waals surface area contributed by atoms with Gasteiger partial charge in [0, 0.05) is 32.0 Å². The van der Waals surface area contributed by atoms with Crippen molar-refractivity contribution in [3.8, 4) is 0 Å². The van der Waals surface area contributed by atoms with Crippen LogP contribution in [-0.4, -0.2) is 41.2 Å². The lowest BCUT2D eigenvalue weighted by molar-refractivity contribution is -0.140. The second-order valence-electron chi connectivity index (χ2n) is 7.28. The lowest BCUT2D eigenvalue weighted by Gasteiger charge is -2.33. The van der Waals surface area contributed by atoms with Gasteiger partial charge in [-0.2, -0.15) is 0 Å². The third-order valence-electron chi connectivity index (χ3n) is 5.42. The number of carbonyl (C=O) groups excluding carboxylic acids is 2. The number of likely N-dealkylation sites (tertiary alicyclic amines) is 1. The average molecular weight is 332 g/mol. The summed E-state index contributed by atoms with van der Waals surface area (Å²) in [6.07, 6.45) is 7.30. The Morgan fingerprint density at radius 2 is 2.00 bits per heavy atom. The van der Waals surface area contributed by atoms with Crippen molar-refractivity contribution < 1.29 is 14.0 Å². The van der Waals surface area contributed by atoms with Crippen molar-refractivity contribution in [3.05, 3.63) is 24.2 Å². The maximum absolute atomic E-state index is 12.6. The molecule has 24 heavy (non-hydrogen) atoms. The first kappa shape index (κ1) is 17.1. The molecule has 1 saturated carbocycles. The van der Waals surface area contributed by atoms with Crippen molar-refractivity contribution >= 4 is 11.8 Å². The third kappa shape index (κ3) is 4.19. The molecule has 0 atom stereocenters. The molecule has 2 amide bonds. The average Bonchev–Trinajstić information content (AvgIpc) is 3.03. The molecule has 0 radical (unpaired) electrons. The number of hydrogen-bond donors (Lipinski definition) is 0. The monoisotopic (exact) mass is 332 g/mol. The highest BCUT2D eigenvalue weighted by Crippen LogP contribution is 2.29. The zero-order chi connectivity index (χ0) is 16.9. The van der Waals surface area contributed by atoms with Crippen LogP contribution in [0.5, 0.6) is 0 Å². The fourth-order valence-corrected chi connectivity index (χ4v) is 3.42. The first-order valence-electron chi connectivity index (χ1n) is 9.22. The summed E-state index contributed by atoms with van der Waals surface area (Å²) in [4.78, 5) is 28.9. The maximum Gasteiger partial charge on any atom is 0.226 e. The lowest BCUT2D eigenvalue weighted by Crippen LogP contribution is -2.42. The number of carbonyl (C=O) groups is 2. The van der Waals surface area contributed by atoms with E-state index in [1.54, 1.807) is 6.26 Å². The molecule has 5 nitrogen and oxygen atoms in total. The summed E-state index contributed by atoms with van der Waals surface area (Å²) in [5.74, 6) is 1.99. The summed E-state index contributed by atoms with van der Waals surface area (Å²) in [5.41, 5.74) is 0. The Kier molecular flexibility index (Phi) is 5.59. The van der Waals surface area contributed by atoms with E-state index in [1.165, 1.54) is 0 Å². The molecule has 5 heteroatoms. The van der Waals surface area contributed by atoms with Crippen molar-refractivity contribution in [3.63, 3.8) is 0 Å². The van der Waals surface area contributed by atoms with Crippen LogP contribution >= 0.6 is 0 Å². The lowest BCUT2D eigenvalue weighted by atomic mass is 9.84. The zero-order valence-corrected chi connectivity index (χ0v) is 14.6. The van der Waals surface area contributed by atoms with E-state index in [1.807, 2.05) is 21.9 Å². The van der Waals surface area contributed by atoms with Crippen LogP contribution < -0.4 is 0 Å². The van der Waals surface area contributed by atoms with E-state index in [4.69, 9.17) is 4.42 Å². The van der Waals surface area contributed by atoms with E-state index in [-0.39, 0.29) is 17.7 Å². The second-order valence-corrected chi connectivity index (χ2v) is 7.28. The SMILES string of the molecule is CC1CCN(C(=O)CCN(Cc2ccco2)C(=O)C2CCC2)CC1. The highest BCUT2D eigenvalue weighted by molar-refractivity contribution is 5.81. The molecule has 132 valence electrons. The summed E-state index contributed by atoms with van der Waals surface area (Å²) in [5, 5.41) is 0. The van der Waals surface area contributed by atoms with E-state index in [0.717, 1.165) is 51.0 Å². The third-order valence-corrected chi connectivity index (χ3v) is 5.42. The number of furan rings is 1. The molecule has 1 aliphatic carbocycles. The Hall–Kier alpha value is -1.78. The van der Waals surface area contributed by atoms with Gasteiger partial charge in [-0.1, -0.05) is 13.3 Å².